The van der Waals surface area contributed by atoms with Crippen molar-refractivity contribution >= 4 is 5.82 Å². The lowest BCUT2D eigenvalue weighted by molar-refractivity contribution is 1.05. The second-order valence-electron chi connectivity index (χ2n) is 4.50. The van der Waals surface area contributed by atoms with Gasteiger partial charge in [-0.05, 0) is 27.7 Å². The SMILES string of the molecule is CCNc1nc(-c2ccc(C)cc2)nc(C)c1C. The Morgan fingerprint density at radius 2 is 1.67 bits per heavy atom. The predicted octanol–water partition coefficient (Wildman–Crippen LogP) is 3.50. The highest BCUT2D eigenvalue weighted by Crippen LogP contribution is 2.21. The topological polar surface area (TPSA) is 37.8 Å². The first-order valence-corrected chi connectivity index (χ1v) is 6.28. The molecule has 0 saturated heterocycles. The zero-order valence-electron chi connectivity index (χ0n) is 11.4. The fourth-order valence-electron chi connectivity index (χ4n) is 1.80. The minimum atomic E-state index is 0.786. The summed E-state index contributed by atoms with van der Waals surface area (Å²) in [5.41, 5.74) is 4.45. The first-order valence-electron chi connectivity index (χ1n) is 6.28. The molecule has 0 spiro atoms. The van der Waals surface area contributed by atoms with E-state index >= 15 is 0 Å². The summed E-state index contributed by atoms with van der Waals surface area (Å²) in [5.74, 6) is 1.72. The monoisotopic (exact) mass is 241 g/mol. The van der Waals surface area contributed by atoms with Crippen LogP contribution in [0.2, 0.25) is 0 Å². The van der Waals surface area contributed by atoms with Crippen LogP contribution in [-0.2, 0) is 0 Å². The van der Waals surface area contributed by atoms with Gasteiger partial charge in [0.2, 0.25) is 0 Å². The molecule has 0 unspecified atom stereocenters. The molecule has 3 heteroatoms. The lowest BCUT2D eigenvalue weighted by Crippen LogP contribution is -2.06. The Kier molecular flexibility index (Phi) is 3.60. The first-order chi connectivity index (χ1) is 8.61. The summed E-state index contributed by atoms with van der Waals surface area (Å²) < 4.78 is 0. The zero-order chi connectivity index (χ0) is 13.1. The molecule has 0 aliphatic rings. The fraction of sp³-hybridized carbons (Fsp3) is 0.333. The Morgan fingerprint density at radius 1 is 1.00 bits per heavy atom. The van der Waals surface area contributed by atoms with Crippen LogP contribution in [0.4, 0.5) is 5.82 Å². The van der Waals surface area contributed by atoms with Crippen molar-refractivity contribution in [2.45, 2.75) is 27.7 Å². The van der Waals surface area contributed by atoms with Crippen LogP contribution in [0.25, 0.3) is 11.4 Å². The second kappa shape index (κ2) is 5.17. The number of hydrogen-bond donors (Lipinski definition) is 1. The highest BCUT2D eigenvalue weighted by Gasteiger charge is 2.08. The molecular weight excluding hydrogens is 222 g/mol. The molecule has 1 N–H and O–H groups in total. The summed E-state index contributed by atoms with van der Waals surface area (Å²) in [6.07, 6.45) is 0. The van der Waals surface area contributed by atoms with Gasteiger partial charge in [0.15, 0.2) is 5.82 Å². The normalized spacial score (nSPS) is 10.4. The van der Waals surface area contributed by atoms with Crippen molar-refractivity contribution in [2.24, 2.45) is 0 Å². The Morgan fingerprint density at radius 3 is 2.28 bits per heavy atom. The lowest BCUT2D eigenvalue weighted by atomic mass is 10.1. The van der Waals surface area contributed by atoms with Crippen LogP contribution >= 0.6 is 0 Å². The van der Waals surface area contributed by atoms with Crippen molar-refractivity contribution in [3.63, 3.8) is 0 Å². The van der Waals surface area contributed by atoms with Crippen molar-refractivity contribution < 1.29 is 0 Å². The molecule has 3 nitrogen and oxygen atoms in total. The quantitative estimate of drug-likeness (QED) is 0.893. The Hall–Kier alpha value is -1.90. The van der Waals surface area contributed by atoms with Gasteiger partial charge >= 0.3 is 0 Å². The molecule has 2 rings (SSSR count). The number of aromatic nitrogens is 2. The van der Waals surface area contributed by atoms with E-state index in [2.05, 4.69) is 53.4 Å². The number of nitrogens with one attached hydrogen (secondary N) is 1. The third-order valence-corrected chi connectivity index (χ3v) is 3.04. The summed E-state index contributed by atoms with van der Waals surface area (Å²) in [6, 6.07) is 8.30. The van der Waals surface area contributed by atoms with Crippen molar-refractivity contribution in [1.29, 1.82) is 0 Å². The summed E-state index contributed by atoms with van der Waals surface area (Å²) in [6.45, 7) is 9.09. The minimum Gasteiger partial charge on any atom is -0.370 e. The average molecular weight is 241 g/mol. The molecular formula is C15H19N3. The predicted molar refractivity (Wildman–Crippen MR) is 75.8 cm³/mol. The van der Waals surface area contributed by atoms with E-state index in [1.807, 2.05) is 13.8 Å². The van der Waals surface area contributed by atoms with E-state index in [4.69, 9.17) is 0 Å². The van der Waals surface area contributed by atoms with Gasteiger partial charge in [-0.2, -0.15) is 0 Å². The number of hydrogen-bond acceptors (Lipinski definition) is 3. The molecule has 1 aromatic heterocycles. The highest BCUT2D eigenvalue weighted by atomic mass is 15.0. The van der Waals surface area contributed by atoms with Crippen LogP contribution in [0.15, 0.2) is 24.3 Å². The molecule has 0 bridgehead atoms. The minimum absolute atomic E-state index is 0.786. The van der Waals surface area contributed by atoms with Crippen LogP contribution < -0.4 is 5.32 Å². The van der Waals surface area contributed by atoms with Crippen LogP contribution in [-0.4, -0.2) is 16.5 Å². The maximum atomic E-state index is 4.60. The molecule has 0 fully saturated rings. The first kappa shape index (κ1) is 12.6. The van der Waals surface area contributed by atoms with Crippen molar-refractivity contribution in [1.82, 2.24) is 9.97 Å². The third-order valence-electron chi connectivity index (χ3n) is 3.04. The van der Waals surface area contributed by atoms with Crippen LogP contribution in [0.1, 0.15) is 23.7 Å². The number of aryl methyl sites for hydroxylation is 2. The molecule has 0 aliphatic heterocycles. The molecule has 1 heterocycles. The lowest BCUT2D eigenvalue weighted by Gasteiger charge is -2.11. The summed E-state index contributed by atoms with van der Waals surface area (Å²) >= 11 is 0. The molecule has 2 aromatic rings. The van der Waals surface area contributed by atoms with Gasteiger partial charge in [0, 0.05) is 23.4 Å². The number of anilines is 1. The Balaban J connectivity index is 2.48. The molecule has 0 amide bonds. The van der Waals surface area contributed by atoms with E-state index in [0.29, 0.717) is 0 Å². The maximum Gasteiger partial charge on any atom is 0.161 e. The second-order valence-corrected chi connectivity index (χ2v) is 4.50. The molecule has 0 atom stereocenters. The van der Waals surface area contributed by atoms with Crippen LogP contribution in [0.3, 0.4) is 0 Å². The van der Waals surface area contributed by atoms with E-state index < -0.39 is 0 Å². The summed E-state index contributed by atoms with van der Waals surface area (Å²) in [7, 11) is 0. The molecule has 1 aromatic carbocycles. The number of rotatable bonds is 3. The van der Waals surface area contributed by atoms with Crippen LogP contribution in [0, 0.1) is 20.8 Å². The Labute approximate surface area is 108 Å². The van der Waals surface area contributed by atoms with Crippen molar-refractivity contribution in [2.75, 3.05) is 11.9 Å². The highest BCUT2D eigenvalue weighted by molar-refractivity contribution is 5.60. The molecule has 94 valence electrons. The third kappa shape index (κ3) is 2.50. The molecule has 0 aliphatic carbocycles. The smallest absolute Gasteiger partial charge is 0.161 e. The Bertz CT molecular complexity index is 544. The van der Waals surface area contributed by atoms with E-state index in [-0.39, 0.29) is 0 Å². The van der Waals surface area contributed by atoms with Crippen molar-refractivity contribution in [3.8, 4) is 11.4 Å². The van der Waals surface area contributed by atoms with Gasteiger partial charge in [-0.1, -0.05) is 29.8 Å². The zero-order valence-corrected chi connectivity index (χ0v) is 11.4. The van der Waals surface area contributed by atoms with E-state index in [0.717, 1.165) is 35.0 Å². The van der Waals surface area contributed by atoms with Crippen LogP contribution in [0.5, 0.6) is 0 Å². The van der Waals surface area contributed by atoms with Crippen molar-refractivity contribution in [3.05, 3.63) is 41.1 Å². The number of benzene rings is 1. The van der Waals surface area contributed by atoms with Gasteiger partial charge < -0.3 is 5.32 Å². The summed E-state index contributed by atoms with van der Waals surface area (Å²) in [4.78, 5) is 9.16. The standard InChI is InChI=1S/C15H19N3/c1-5-16-14-11(3)12(4)17-15(18-14)13-8-6-10(2)7-9-13/h6-9H,5H2,1-4H3,(H,16,17,18). The van der Waals surface area contributed by atoms with Gasteiger partial charge in [0.05, 0.1) is 0 Å². The van der Waals surface area contributed by atoms with Gasteiger partial charge in [0.25, 0.3) is 0 Å². The maximum absolute atomic E-state index is 4.60. The van der Waals surface area contributed by atoms with Gasteiger partial charge in [0.1, 0.15) is 5.82 Å². The molecule has 18 heavy (non-hydrogen) atoms. The summed E-state index contributed by atoms with van der Waals surface area (Å²) in [5, 5.41) is 3.29. The van der Waals surface area contributed by atoms with E-state index in [9.17, 15) is 0 Å². The molecule has 0 saturated carbocycles. The van der Waals surface area contributed by atoms with Gasteiger partial charge in [-0.25, -0.2) is 9.97 Å². The van der Waals surface area contributed by atoms with E-state index in [1.165, 1.54) is 5.56 Å². The number of nitrogens with zero attached hydrogens (tertiary/aromatic N) is 2. The average Bonchev–Trinajstić information content (AvgIpc) is 2.36. The fourth-order valence-corrected chi connectivity index (χ4v) is 1.80. The molecule has 0 radical (unpaired) electrons. The van der Waals surface area contributed by atoms with E-state index in [1.54, 1.807) is 0 Å². The largest absolute Gasteiger partial charge is 0.370 e. The van der Waals surface area contributed by atoms with Gasteiger partial charge in [-0.3, -0.25) is 0 Å². The van der Waals surface area contributed by atoms with Gasteiger partial charge in [-0.15, -0.1) is 0 Å².